The second-order valence-corrected chi connectivity index (χ2v) is 5.05. The Hall–Kier alpha value is -0.940. The summed E-state index contributed by atoms with van der Waals surface area (Å²) in [5.41, 5.74) is 0.389. The number of halogens is 2. The van der Waals surface area contributed by atoms with Crippen molar-refractivity contribution < 1.29 is 9.18 Å². The van der Waals surface area contributed by atoms with E-state index in [1.807, 2.05) is 0 Å². The van der Waals surface area contributed by atoms with Crippen molar-refractivity contribution in [3.63, 3.8) is 0 Å². The van der Waals surface area contributed by atoms with Crippen LogP contribution in [0.3, 0.4) is 0 Å². The van der Waals surface area contributed by atoms with Crippen LogP contribution in [0.2, 0.25) is 0 Å². The zero-order valence-electron chi connectivity index (χ0n) is 9.54. The Labute approximate surface area is 108 Å². The summed E-state index contributed by atoms with van der Waals surface area (Å²) in [6, 6.07) is 4.66. The lowest BCUT2D eigenvalue weighted by Gasteiger charge is -2.23. The van der Waals surface area contributed by atoms with Gasteiger partial charge in [-0.25, -0.2) is 4.39 Å². The molecular formula is C12H14BrFN2O. The minimum atomic E-state index is -0.409. The van der Waals surface area contributed by atoms with Crippen molar-refractivity contribution in [1.29, 1.82) is 0 Å². The van der Waals surface area contributed by atoms with Crippen molar-refractivity contribution in [3.05, 3.63) is 34.1 Å². The molecule has 1 heterocycles. The number of amides is 1. The van der Waals surface area contributed by atoms with Gasteiger partial charge in [0.05, 0.1) is 4.47 Å². The molecule has 0 radical (unpaired) electrons. The van der Waals surface area contributed by atoms with Crippen molar-refractivity contribution in [1.82, 2.24) is 10.2 Å². The highest BCUT2D eigenvalue weighted by atomic mass is 79.9. The van der Waals surface area contributed by atoms with E-state index in [-0.39, 0.29) is 11.9 Å². The number of carbonyl (C=O) groups is 1. The maximum atomic E-state index is 13.4. The Bertz CT molecular complexity index is 433. The fourth-order valence-corrected chi connectivity index (χ4v) is 2.22. The lowest BCUT2D eigenvalue weighted by molar-refractivity contribution is 0.0743. The van der Waals surface area contributed by atoms with Gasteiger partial charge in [0.1, 0.15) is 5.82 Å². The quantitative estimate of drug-likeness (QED) is 0.906. The van der Waals surface area contributed by atoms with Gasteiger partial charge >= 0.3 is 0 Å². The third kappa shape index (κ3) is 2.66. The number of hydrogen-bond donors (Lipinski definition) is 1. The summed E-state index contributed by atoms with van der Waals surface area (Å²) < 4.78 is 13.7. The van der Waals surface area contributed by atoms with Gasteiger partial charge in [-0.2, -0.15) is 0 Å². The molecule has 5 heteroatoms. The molecule has 1 amide bonds. The lowest BCUT2D eigenvalue weighted by Crippen LogP contribution is -2.38. The number of hydrogen-bond acceptors (Lipinski definition) is 2. The SMILES string of the molecule is CN(C(=O)c1ccc(Br)c(F)c1)C1CCNC1. The molecule has 17 heavy (non-hydrogen) atoms. The molecule has 1 N–H and O–H groups in total. The molecule has 0 bridgehead atoms. The Balaban J connectivity index is 2.15. The van der Waals surface area contributed by atoms with Crippen molar-refractivity contribution in [2.75, 3.05) is 20.1 Å². The summed E-state index contributed by atoms with van der Waals surface area (Å²) >= 11 is 3.07. The molecule has 0 spiro atoms. The van der Waals surface area contributed by atoms with Crippen molar-refractivity contribution >= 4 is 21.8 Å². The summed E-state index contributed by atoms with van der Waals surface area (Å²) in [5, 5.41) is 3.20. The third-order valence-electron chi connectivity index (χ3n) is 3.07. The summed E-state index contributed by atoms with van der Waals surface area (Å²) in [5.74, 6) is -0.543. The van der Waals surface area contributed by atoms with E-state index in [1.54, 1.807) is 24.1 Å². The van der Waals surface area contributed by atoms with Gasteiger partial charge in [0, 0.05) is 25.2 Å². The highest BCUT2D eigenvalue weighted by molar-refractivity contribution is 9.10. The van der Waals surface area contributed by atoms with Crippen LogP contribution >= 0.6 is 15.9 Å². The molecule has 1 atom stereocenters. The van der Waals surface area contributed by atoms with Gasteiger partial charge in [0.15, 0.2) is 0 Å². The standard InChI is InChI=1S/C12H14BrFN2O/c1-16(9-4-5-15-7-9)12(17)8-2-3-10(13)11(14)6-8/h2-3,6,9,15H,4-5,7H2,1H3. The zero-order valence-corrected chi connectivity index (χ0v) is 11.1. The number of carbonyl (C=O) groups excluding carboxylic acids is 1. The molecule has 1 aliphatic rings. The predicted molar refractivity (Wildman–Crippen MR) is 67.5 cm³/mol. The molecule has 1 unspecified atom stereocenters. The van der Waals surface area contributed by atoms with Crippen LogP contribution in [0.15, 0.2) is 22.7 Å². The summed E-state index contributed by atoms with van der Waals surface area (Å²) in [6.07, 6.45) is 0.946. The van der Waals surface area contributed by atoms with E-state index in [1.165, 1.54) is 6.07 Å². The molecule has 3 nitrogen and oxygen atoms in total. The predicted octanol–water partition coefficient (Wildman–Crippen LogP) is 2.02. The van der Waals surface area contributed by atoms with E-state index in [4.69, 9.17) is 0 Å². The van der Waals surface area contributed by atoms with Crippen LogP contribution in [-0.2, 0) is 0 Å². The molecule has 1 aromatic rings. The van der Waals surface area contributed by atoms with Gasteiger partial charge in [-0.1, -0.05) is 0 Å². The Morgan fingerprint density at radius 2 is 2.35 bits per heavy atom. The average Bonchev–Trinajstić information content (AvgIpc) is 2.84. The number of nitrogens with zero attached hydrogens (tertiary/aromatic N) is 1. The molecular weight excluding hydrogens is 287 g/mol. The van der Waals surface area contributed by atoms with Gasteiger partial charge in [-0.3, -0.25) is 4.79 Å². The van der Waals surface area contributed by atoms with Gasteiger partial charge in [0.25, 0.3) is 5.91 Å². The van der Waals surface area contributed by atoms with Crippen molar-refractivity contribution in [3.8, 4) is 0 Å². The topological polar surface area (TPSA) is 32.3 Å². The number of rotatable bonds is 2. The Morgan fingerprint density at radius 1 is 1.59 bits per heavy atom. The molecule has 92 valence electrons. The van der Waals surface area contributed by atoms with Crippen molar-refractivity contribution in [2.24, 2.45) is 0 Å². The fourth-order valence-electron chi connectivity index (χ4n) is 1.97. The smallest absolute Gasteiger partial charge is 0.253 e. The van der Waals surface area contributed by atoms with E-state index < -0.39 is 5.82 Å². The number of nitrogens with one attached hydrogen (secondary N) is 1. The second-order valence-electron chi connectivity index (χ2n) is 4.19. The van der Waals surface area contributed by atoms with E-state index in [9.17, 15) is 9.18 Å². The molecule has 0 saturated carbocycles. The molecule has 1 aliphatic heterocycles. The van der Waals surface area contributed by atoms with Gasteiger partial charge < -0.3 is 10.2 Å². The summed E-state index contributed by atoms with van der Waals surface area (Å²) in [7, 11) is 1.76. The minimum Gasteiger partial charge on any atom is -0.337 e. The van der Waals surface area contributed by atoms with Crippen LogP contribution < -0.4 is 5.32 Å². The Morgan fingerprint density at radius 3 is 2.94 bits per heavy atom. The van der Waals surface area contributed by atoms with Crippen LogP contribution in [0.5, 0.6) is 0 Å². The largest absolute Gasteiger partial charge is 0.337 e. The second kappa shape index (κ2) is 5.14. The van der Waals surface area contributed by atoms with Gasteiger partial charge in [0.2, 0.25) is 0 Å². The molecule has 0 aliphatic carbocycles. The number of benzene rings is 1. The van der Waals surface area contributed by atoms with Crippen molar-refractivity contribution in [2.45, 2.75) is 12.5 Å². The molecule has 1 fully saturated rings. The molecule has 1 saturated heterocycles. The first kappa shape index (κ1) is 12.5. The zero-order chi connectivity index (χ0) is 12.4. The van der Waals surface area contributed by atoms with Crippen LogP contribution in [0.1, 0.15) is 16.8 Å². The van der Waals surface area contributed by atoms with E-state index in [0.29, 0.717) is 10.0 Å². The first-order chi connectivity index (χ1) is 8.09. The monoisotopic (exact) mass is 300 g/mol. The lowest BCUT2D eigenvalue weighted by atomic mass is 10.1. The van der Waals surface area contributed by atoms with Crippen LogP contribution in [0, 0.1) is 5.82 Å². The van der Waals surface area contributed by atoms with E-state index >= 15 is 0 Å². The van der Waals surface area contributed by atoms with E-state index in [0.717, 1.165) is 19.5 Å². The highest BCUT2D eigenvalue weighted by Gasteiger charge is 2.24. The summed E-state index contributed by atoms with van der Waals surface area (Å²) in [6.45, 7) is 1.73. The average molecular weight is 301 g/mol. The highest BCUT2D eigenvalue weighted by Crippen LogP contribution is 2.18. The maximum absolute atomic E-state index is 13.4. The van der Waals surface area contributed by atoms with Crippen LogP contribution in [-0.4, -0.2) is 37.0 Å². The van der Waals surface area contributed by atoms with Crippen LogP contribution in [0.25, 0.3) is 0 Å². The van der Waals surface area contributed by atoms with Gasteiger partial charge in [-0.15, -0.1) is 0 Å². The Kier molecular flexibility index (Phi) is 3.79. The first-order valence-corrected chi connectivity index (χ1v) is 6.32. The summed E-state index contributed by atoms with van der Waals surface area (Å²) in [4.78, 5) is 13.8. The molecule has 2 rings (SSSR count). The normalized spacial score (nSPS) is 19.4. The number of likely N-dealkylation sites (N-methyl/N-ethyl adjacent to an activating group) is 1. The maximum Gasteiger partial charge on any atom is 0.253 e. The minimum absolute atomic E-state index is 0.134. The van der Waals surface area contributed by atoms with E-state index in [2.05, 4.69) is 21.2 Å². The third-order valence-corrected chi connectivity index (χ3v) is 3.71. The van der Waals surface area contributed by atoms with Gasteiger partial charge in [-0.05, 0) is 47.1 Å². The fraction of sp³-hybridized carbons (Fsp3) is 0.417. The first-order valence-electron chi connectivity index (χ1n) is 5.52. The molecule has 1 aromatic carbocycles. The molecule has 0 aromatic heterocycles. The van der Waals surface area contributed by atoms with Crippen LogP contribution in [0.4, 0.5) is 4.39 Å².